The number of furan rings is 1. The van der Waals surface area contributed by atoms with Gasteiger partial charge >= 0.3 is 0 Å². The summed E-state index contributed by atoms with van der Waals surface area (Å²) >= 11 is 0. The number of carbonyl (C=O) groups excluding carboxylic acids is 1. The minimum Gasteiger partial charge on any atom is -0.493 e. The molecule has 0 bridgehead atoms. The summed E-state index contributed by atoms with van der Waals surface area (Å²) in [5.74, 6) is 1.40. The molecule has 3 rings (SSSR count). The van der Waals surface area contributed by atoms with E-state index in [1.54, 1.807) is 36.6 Å². The number of aryl methyl sites for hydroxylation is 1. The van der Waals surface area contributed by atoms with Gasteiger partial charge in [-0.25, -0.2) is 4.98 Å². The van der Waals surface area contributed by atoms with Gasteiger partial charge < -0.3 is 19.5 Å². The molecule has 1 aromatic carbocycles. The Hall–Kier alpha value is -3.35. The van der Waals surface area contributed by atoms with Gasteiger partial charge in [0.05, 0.1) is 30.7 Å². The van der Waals surface area contributed by atoms with Crippen LogP contribution in [0.5, 0.6) is 5.75 Å². The van der Waals surface area contributed by atoms with Crippen LogP contribution in [-0.4, -0.2) is 22.5 Å². The second-order valence-electron chi connectivity index (χ2n) is 6.87. The summed E-state index contributed by atoms with van der Waals surface area (Å²) in [5.41, 5.74) is 2.31. The molecule has 0 unspecified atom stereocenters. The Bertz CT molecular complexity index is 1050. The molecule has 0 atom stereocenters. The molecule has 0 aliphatic carbocycles. The standard InChI is InChI=1S/C23H27N3O4/c1-4-11-30-20-10-9-15(22(27)24-14-16-8-7-12-29-16)13-18(20)21-25-19(6-3)17(5-2)23(28)26-21/h7-10,12-13H,4-6,11,14H2,1-3H3,(H,24,27)(H,25,26,28). The number of hydrogen-bond acceptors (Lipinski definition) is 5. The van der Waals surface area contributed by atoms with Crippen LogP contribution in [0.3, 0.4) is 0 Å². The van der Waals surface area contributed by atoms with Crippen molar-refractivity contribution >= 4 is 5.91 Å². The number of benzene rings is 1. The summed E-state index contributed by atoms with van der Waals surface area (Å²) in [6.07, 6.45) is 3.66. The largest absolute Gasteiger partial charge is 0.493 e. The number of nitrogens with one attached hydrogen (secondary N) is 2. The van der Waals surface area contributed by atoms with E-state index in [9.17, 15) is 9.59 Å². The Morgan fingerprint density at radius 1 is 1.20 bits per heavy atom. The molecule has 30 heavy (non-hydrogen) atoms. The lowest BCUT2D eigenvalue weighted by atomic mass is 10.1. The van der Waals surface area contributed by atoms with E-state index in [1.807, 2.05) is 20.8 Å². The zero-order valence-electron chi connectivity index (χ0n) is 17.6. The molecule has 0 saturated carbocycles. The minimum atomic E-state index is -0.252. The molecule has 0 saturated heterocycles. The first-order valence-electron chi connectivity index (χ1n) is 10.3. The highest BCUT2D eigenvalue weighted by molar-refractivity contribution is 5.95. The van der Waals surface area contributed by atoms with Crippen molar-refractivity contribution in [2.45, 2.75) is 46.6 Å². The van der Waals surface area contributed by atoms with Crippen molar-refractivity contribution < 1.29 is 13.9 Å². The van der Waals surface area contributed by atoms with E-state index in [-0.39, 0.29) is 18.0 Å². The quantitative estimate of drug-likeness (QED) is 0.559. The van der Waals surface area contributed by atoms with E-state index in [0.29, 0.717) is 53.5 Å². The maximum absolute atomic E-state index is 12.7. The Morgan fingerprint density at radius 2 is 2.03 bits per heavy atom. The Balaban J connectivity index is 1.98. The molecule has 7 heteroatoms. The van der Waals surface area contributed by atoms with Crippen LogP contribution in [0.2, 0.25) is 0 Å². The van der Waals surface area contributed by atoms with Gasteiger partial charge in [-0.2, -0.15) is 0 Å². The summed E-state index contributed by atoms with van der Waals surface area (Å²) < 4.78 is 11.1. The third kappa shape index (κ3) is 4.79. The van der Waals surface area contributed by atoms with E-state index in [0.717, 1.165) is 12.1 Å². The molecule has 1 amide bonds. The van der Waals surface area contributed by atoms with Crippen molar-refractivity contribution in [2.24, 2.45) is 0 Å². The molecule has 3 aromatic rings. The molecule has 2 N–H and O–H groups in total. The van der Waals surface area contributed by atoms with Crippen LogP contribution in [0.25, 0.3) is 11.4 Å². The van der Waals surface area contributed by atoms with E-state index in [4.69, 9.17) is 9.15 Å². The van der Waals surface area contributed by atoms with Gasteiger partial charge in [0.1, 0.15) is 17.3 Å². The monoisotopic (exact) mass is 409 g/mol. The third-order valence-electron chi connectivity index (χ3n) is 4.75. The number of carbonyl (C=O) groups is 1. The molecule has 158 valence electrons. The average molecular weight is 409 g/mol. The first-order chi connectivity index (χ1) is 14.6. The van der Waals surface area contributed by atoms with Crippen molar-refractivity contribution in [3.63, 3.8) is 0 Å². The fourth-order valence-corrected chi connectivity index (χ4v) is 3.21. The lowest BCUT2D eigenvalue weighted by molar-refractivity contribution is 0.0948. The highest BCUT2D eigenvalue weighted by Gasteiger charge is 2.17. The number of ether oxygens (including phenoxy) is 1. The number of aromatic amines is 1. The third-order valence-corrected chi connectivity index (χ3v) is 4.75. The lowest BCUT2D eigenvalue weighted by Crippen LogP contribution is -2.23. The first kappa shape index (κ1) is 21.4. The summed E-state index contributed by atoms with van der Waals surface area (Å²) in [5, 5.41) is 2.83. The maximum atomic E-state index is 12.7. The average Bonchev–Trinajstić information content (AvgIpc) is 3.29. The van der Waals surface area contributed by atoms with Gasteiger partial charge in [0.2, 0.25) is 0 Å². The van der Waals surface area contributed by atoms with Crippen LogP contribution in [0.4, 0.5) is 0 Å². The number of aromatic nitrogens is 2. The highest BCUT2D eigenvalue weighted by atomic mass is 16.5. The van der Waals surface area contributed by atoms with Crippen molar-refractivity contribution in [1.82, 2.24) is 15.3 Å². The lowest BCUT2D eigenvalue weighted by Gasteiger charge is -2.14. The topological polar surface area (TPSA) is 97.2 Å². The predicted octanol–water partition coefficient (Wildman–Crippen LogP) is 3.87. The summed E-state index contributed by atoms with van der Waals surface area (Å²) in [6, 6.07) is 8.71. The molecule has 7 nitrogen and oxygen atoms in total. The van der Waals surface area contributed by atoms with E-state index < -0.39 is 0 Å². The van der Waals surface area contributed by atoms with Crippen molar-refractivity contribution in [1.29, 1.82) is 0 Å². The molecule has 0 fully saturated rings. The second kappa shape index (κ2) is 9.91. The smallest absolute Gasteiger partial charge is 0.254 e. The van der Waals surface area contributed by atoms with Gasteiger partial charge in [0, 0.05) is 11.1 Å². The number of nitrogens with zero attached hydrogens (tertiary/aromatic N) is 1. The molecular weight excluding hydrogens is 382 g/mol. The van der Waals surface area contributed by atoms with Gasteiger partial charge in [0.15, 0.2) is 0 Å². The highest BCUT2D eigenvalue weighted by Crippen LogP contribution is 2.29. The molecule has 0 aliphatic heterocycles. The van der Waals surface area contributed by atoms with Crippen molar-refractivity contribution in [2.75, 3.05) is 6.61 Å². The molecule has 2 heterocycles. The first-order valence-corrected chi connectivity index (χ1v) is 10.3. The number of hydrogen-bond donors (Lipinski definition) is 2. The van der Waals surface area contributed by atoms with Crippen molar-refractivity contribution in [3.8, 4) is 17.1 Å². The van der Waals surface area contributed by atoms with Crippen LogP contribution in [0.1, 0.15) is 54.6 Å². The second-order valence-corrected chi connectivity index (χ2v) is 6.87. The van der Waals surface area contributed by atoms with Gasteiger partial charge in [0.25, 0.3) is 11.5 Å². The van der Waals surface area contributed by atoms with Crippen molar-refractivity contribution in [3.05, 3.63) is 69.5 Å². The molecular formula is C23H27N3O4. The zero-order valence-corrected chi connectivity index (χ0v) is 17.6. The molecule has 0 spiro atoms. The molecule has 2 aromatic heterocycles. The normalized spacial score (nSPS) is 10.8. The fraction of sp³-hybridized carbons (Fsp3) is 0.348. The zero-order chi connectivity index (χ0) is 21.5. The summed E-state index contributed by atoms with van der Waals surface area (Å²) in [6.45, 7) is 6.73. The van der Waals surface area contributed by atoms with E-state index in [2.05, 4.69) is 15.3 Å². The SMILES string of the molecule is CCCOc1ccc(C(=O)NCc2ccco2)cc1-c1nc(CC)c(CC)c(=O)[nH]1. The van der Waals surface area contributed by atoms with E-state index >= 15 is 0 Å². The fourth-order valence-electron chi connectivity index (χ4n) is 3.21. The maximum Gasteiger partial charge on any atom is 0.254 e. The van der Waals surface area contributed by atoms with Gasteiger partial charge in [-0.15, -0.1) is 0 Å². The van der Waals surface area contributed by atoms with Gasteiger partial charge in [-0.3, -0.25) is 9.59 Å². The predicted molar refractivity (Wildman–Crippen MR) is 115 cm³/mol. The number of H-pyrrole nitrogens is 1. The Morgan fingerprint density at radius 3 is 2.70 bits per heavy atom. The van der Waals surface area contributed by atoms with Crippen LogP contribution in [0, 0.1) is 0 Å². The van der Waals surface area contributed by atoms with Crippen LogP contribution in [0.15, 0.2) is 45.8 Å². The van der Waals surface area contributed by atoms with Crippen LogP contribution in [-0.2, 0) is 19.4 Å². The number of rotatable bonds is 9. The molecule has 0 radical (unpaired) electrons. The Labute approximate surface area is 175 Å². The summed E-state index contributed by atoms with van der Waals surface area (Å²) in [4.78, 5) is 32.8. The number of amides is 1. The van der Waals surface area contributed by atoms with Crippen LogP contribution < -0.4 is 15.6 Å². The van der Waals surface area contributed by atoms with Gasteiger partial charge in [-0.1, -0.05) is 20.8 Å². The molecule has 0 aliphatic rings. The van der Waals surface area contributed by atoms with E-state index in [1.165, 1.54) is 0 Å². The Kier molecular flexibility index (Phi) is 7.06. The summed E-state index contributed by atoms with van der Waals surface area (Å²) in [7, 11) is 0. The minimum absolute atomic E-state index is 0.159. The van der Waals surface area contributed by atoms with Crippen LogP contribution >= 0.6 is 0 Å². The van der Waals surface area contributed by atoms with Gasteiger partial charge in [-0.05, 0) is 49.6 Å².